The highest BCUT2D eigenvalue weighted by molar-refractivity contribution is 5.95. The lowest BCUT2D eigenvalue weighted by Crippen LogP contribution is -2.17. The summed E-state index contributed by atoms with van der Waals surface area (Å²) >= 11 is 0. The maximum absolute atomic E-state index is 12.1. The van der Waals surface area contributed by atoms with Gasteiger partial charge in [-0.2, -0.15) is 5.10 Å². The predicted octanol–water partition coefficient (Wildman–Crippen LogP) is 3.26. The van der Waals surface area contributed by atoms with Crippen LogP contribution in [0.25, 0.3) is 0 Å². The van der Waals surface area contributed by atoms with E-state index in [1.54, 1.807) is 31.5 Å². The zero-order valence-corrected chi connectivity index (χ0v) is 14.6. The molecule has 0 bridgehead atoms. The van der Waals surface area contributed by atoms with Gasteiger partial charge in [-0.1, -0.05) is 6.92 Å². The van der Waals surface area contributed by atoms with Gasteiger partial charge in [0.2, 0.25) is 0 Å². The number of hydrogen-bond acceptors (Lipinski definition) is 5. The highest BCUT2D eigenvalue weighted by Gasteiger charge is 2.09. The Bertz CT molecular complexity index is 727. The van der Waals surface area contributed by atoms with Crippen LogP contribution in [-0.4, -0.2) is 32.9 Å². The van der Waals surface area contributed by atoms with Crippen molar-refractivity contribution < 1.29 is 19.0 Å². The molecule has 2 aromatic carbocycles. The molecule has 0 aliphatic heterocycles. The SMILES string of the molecule is CCCOc1ccc(/C=N\NC(=O)c2ccc(OC)c(OC)c2)cc1. The first kappa shape index (κ1) is 18.3. The van der Waals surface area contributed by atoms with E-state index < -0.39 is 0 Å². The number of hydrogen-bond donors (Lipinski definition) is 1. The van der Waals surface area contributed by atoms with Crippen LogP contribution in [0.3, 0.4) is 0 Å². The van der Waals surface area contributed by atoms with Crippen LogP contribution in [-0.2, 0) is 0 Å². The molecular formula is C19H22N2O4. The summed E-state index contributed by atoms with van der Waals surface area (Å²) in [5, 5.41) is 3.97. The summed E-state index contributed by atoms with van der Waals surface area (Å²) in [5.74, 6) is 1.53. The zero-order valence-electron chi connectivity index (χ0n) is 14.6. The Labute approximate surface area is 147 Å². The summed E-state index contributed by atoms with van der Waals surface area (Å²) in [6, 6.07) is 12.4. The van der Waals surface area contributed by atoms with Crippen molar-refractivity contribution in [3.8, 4) is 17.2 Å². The molecule has 0 heterocycles. The van der Waals surface area contributed by atoms with Crippen molar-refractivity contribution in [1.29, 1.82) is 0 Å². The van der Waals surface area contributed by atoms with E-state index in [0.717, 1.165) is 17.7 Å². The van der Waals surface area contributed by atoms with Crippen LogP contribution < -0.4 is 19.6 Å². The molecular weight excluding hydrogens is 320 g/mol. The molecule has 0 unspecified atom stereocenters. The molecule has 0 radical (unpaired) electrons. The summed E-state index contributed by atoms with van der Waals surface area (Å²) < 4.78 is 15.8. The molecule has 6 nitrogen and oxygen atoms in total. The fourth-order valence-electron chi connectivity index (χ4n) is 2.08. The van der Waals surface area contributed by atoms with Gasteiger partial charge in [0.05, 0.1) is 27.0 Å². The van der Waals surface area contributed by atoms with Gasteiger partial charge in [-0.3, -0.25) is 4.79 Å². The van der Waals surface area contributed by atoms with Crippen LogP contribution in [0.5, 0.6) is 17.2 Å². The van der Waals surface area contributed by atoms with E-state index >= 15 is 0 Å². The summed E-state index contributed by atoms with van der Waals surface area (Å²) in [4.78, 5) is 12.1. The highest BCUT2D eigenvalue weighted by atomic mass is 16.5. The molecule has 0 aliphatic rings. The normalized spacial score (nSPS) is 10.5. The standard InChI is InChI=1S/C19H22N2O4/c1-4-11-25-16-8-5-14(6-9-16)13-20-21-19(22)15-7-10-17(23-2)18(12-15)24-3/h5-10,12-13H,4,11H2,1-3H3,(H,21,22)/b20-13-. The van der Waals surface area contributed by atoms with Crippen LogP contribution in [0.4, 0.5) is 0 Å². The minimum absolute atomic E-state index is 0.333. The van der Waals surface area contributed by atoms with Gasteiger partial charge in [0.25, 0.3) is 5.91 Å². The maximum Gasteiger partial charge on any atom is 0.271 e. The van der Waals surface area contributed by atoms with Gasteiger partial charge in [-0.25, -0.2) is 5.43 Å². The smallest absolute Gasteiger partial charge is 0.271 e. The lowest BCUT2D eigenvalue weighted by molar-refractivity contribution is 0.0954. The number of benzene rings is 2. The van der Waals surface area contributed by atoms with Crippen molar-refractivity contribution in [2.24, 2.45) is 5.10 Å². The number of amides is 1. The number of carbonyl (C=O) groups is 1. The number of methoxy groups -OCH3 is 2. The largest absolute Gasteiger partial charge is 0.494 e. The summed E-state index contributed by atoms with van der Waals surface area (Å²) in [6.45, 7) is 2.75. The fraction of sp³-hybridized carbons (Fsp3) is 0.263. The van der Waals surface area contributed by atoms with E-state index in [1.165, 1.54) is 7.11 Å². The molecule has 0 saturated heterocycles. The number of nitrogens with zero attached hydrogens (tertiary/aromatic N) is 1. The molecule has 0 aromatic heterocycles. The molecule has 1 amide bonds. The number of hydrazone groups is 1. The number of nitrogens with one attached hydrogen (secondary N) is 1. The summed E-state index contributed by atoms with van der Waals surface area (Å²) in [7, 11) is 3.06. The van der Waals surface area contributed by atoms with E-state index in [2.05, 4.69) is 17.5 Å². The quantitative estimate of drug-likeness (QED) is 0.590. The van der Waals surface area contributed by atoms with Gasteiger partial charge in [-0.05, 0) is 54.4 Å². The third kappa shape index (κ3) is 5.24. The molecule has 1 N–H and O–H groups in total. The van der Waals surface area contributed by atoms with E-state index in [0.29, 0.717) is 23.7 Å². The second-order valence-electron chi connectivity index (χ2n) is 5.19. The minimum Gasteiger partial charge on any atom is -0.494 e. The Morgan fingerprint density at radius 1 is 1.08 bits per heavy atom. The third-order valence-electron chi connectivity index (χ3n) is 3.38. The molecule has 132 valence electrons. The van der Waals surface area contributed by atoms with Gasteiger partial charge in [0, 0.05) is 5.56 Å². The second-order valence-corrected chi connectivity index (χ2v) is 5.19. The van der Waals surface area contributed by atoms with Crippen LogP contribution in [0.1, 0.15) is 29.3 Å². The molecule has 0 spiro atoms. The van der Waals surface area contributed by atoms with Crippen molar-refractivity contribution in [2.45, 2.75) is 13.3 Å². The Hall–Kier alpha value is -3.02. The average molecular weight is 342 g/mol. The van der Waals surface area contributed by atoms with Crippen molar-refractivity contribution in [1.82, 2.24) is 5.43 Å². The summed E-state index contributed by atoms with van der Waals surface area (Å²) in [6.07, 6.45) is 2.54. The van der Waals surface area contributed by atoms with Gasteiger partial charge >= 0.3 is 0 Å². The van der Waals surface area contributed by atoms with E-state index in [4.69, 9.17) is 14.2 Å². The Morgan fingerprint density at radius 2 is 1.80 bits per heavy atom. The minimum atomic E-state index is -0.333. The van der Waals surface area contributed by atoms with Crippen molar-refractivity contribution in [3.63, 3.8) is 0 Å². The van der Waals surface area contributed by atoms with Crippen molar-refractivity contribution in [3.05, 3.63) is 53.6 Å². The molecule has 6 heteroatoms. The molecule has 2 aromatic rings. The van der Waals surface area contributed by atoms with E-state index in [1.807, 2.05) is 24.3 Å². The van der Waals surface area contributed by atoms with E-state index in [-0.39, 0.29) is 5.91 Å². The molecule has 0 atom stereocenters. The van der Waals surface area contributed by atoms with Crippen LogP contribution in [0.15, 0.2) is 47.6 Å². The first-order valence-corrected chi connectivity index (χ1v) is 7.96. The van der Waals surface area contributed by atoms with Gasteiger partial charge in [0.15, 0.2) is 11.5 Å². The van der Waals surface area contributed by atoms with Gasteiger partial charge < -0.3 is 14.2 Å². The first-order chi connectivity index (χ1) is 12.2. The Balaban J connectivity index is 1.96. The van der Waals surface area contributed by atoms with Crippen LogP contribution >= 0.6 is 0 Å². The highest BCUT2D eigenvalue weighted by Crippen LogP contribution is 2.27. The molecule has 25 heavy (non-hydrogen) atoms. The Kier molecular flexibility index (Phi) is 6.83. The topological polar surface area (TPSA) is 69.2 Å². The van der Waals surface area contributed by atoms with Gasteiger partial charge in [-0.15, -0.1) is 0 Å². The third-order valence-corrected chi connectivity index (χ3v) is 3.38. The number of rotatable bonds is 8. The number of ether oxygens (including phenoxy) is 3. The van der Waals surface area contributed by atoms with Crippen molar-refractivity contribution >= 4 is 12.1 Å². The molecule has 0 saturated carbocycles. The molecule has 2 rings (SSSR count). The van der Waals surface area contributed by atoms with E-state index in [9.17, 15) is 4.79 Å². The number of carbonyl (C=O) groups excluding carboxylic acids is 1. The Morgan fingerprint density at radius 3 is 2.44 bits per heavy atom. The zero-order chi connectivity index (χ0) is 18.1. The second kappa shape index (κ2) is 9.32. The monoisotopic (exact) mass is 342 g/mol. The maximum atomic E-state index is 12.1. The summed E-state index contributed by atoms with van der Waals surface area (Å²) in [5.41, 5.74) is 3.77. The van der Waals surface area contributed by atoms with Crippen LogP contribution in [0, 0.1) is 0 Å². The molecule has 0 aliphatic carbocycles. The first-order valence-electron chi connectivity index (χ1n) is 7.96. The van der Waals surface area contributed by atoms with Crippen LogP contribution in [0.2, 0.25) is 0 Å². The predicted molar refractivity (Wildman–Crippen MR) is 96.8 cm³/mol. The fourth-order valence-corrected chi connectivity index (χ4v) is 2.08. The van der Waals surface area contributed by atoms with Crippen molar-refractivity contribution in [2.75, 3.05) is 20.8 Å². The average Bonchev–Trinajstić information content (AvgIpc) is 2.66. The lowest BCUT2D eigenvalue weighted by atomic mass is 10.2. The lowest BCUT2D eigenvalue weighted by Gasteiger charge is -2.08. The van der Waals surface area contributed by atoms with Gasteiger partial charge in [0.1, 0.15) is 5.75 Å². The molecule has 0 fully saturated rings.